The van der Waals surface area contributed by atoms with Gasteiger partial charge >= 0.3 is 0 Å². The fourth-order valence-electron chi connectivity index (χ4n) is 2.42. The van der Waals surface area contributed by atoms with Gasteiger partial charge in [-0.2, -0.15) is 11.8 Å². The SMILES string of the molecule is CC1CN(C(=O)c2sc(NC3CCC3)nc2N)CCS1. The number of nitrogens with one attached hydrogen (secondary N) is 1. The monoisotopic (exact) mass is 312 g/mol. The van der Waals surface area contributed by atoms with E-state index in [9.17, 15) is 4.79 Å². The minimum absolute atomic E-state index is 0.0359. The number of hydrogen-bond acceptors (Lipinski definition) is 6. The Hall–Kier alpha value is -0.950. The lowest BCUT2D eigenvalue weighted by Crippen LogP contribution is -2.40. The number of nitrogens with zero attached hydrogens (tertiary/aromatic N) is 2. The fourth-order valence-corrected chi connectivity index (χ4v) is 4.36. The van der Waals surface area contributed by atoms with Gasteiger partial charge in [-0.1, -0.05) is 18.3 Å². The third-order valence-corrected chi connectivity index (χ3v) is 5.94. The summed E-state index contributed by atoms with van der Waals surface area (Å²) in [6.07, 6.45) is 3.64. The Morgan fingerprint density at radius 3 is 2.95 bits per heavy atom. The Bertz CT molecular complexity index is 501. The van der Waals surface area contributed by atoms with Gasteiger partial charge in [-0.3, -0.25) is 4.79 Å². The smallest absolute Gasteiger partial charge is 0.267 e. The summed E-state index contributed by atoms with van der Waals surface area (Å²) in [6, 6.07) is 0.509. The van der Waals surface area contributed by atoms with Crippen molar-refractivity contribution in [3.63, 3.8) is 0 Å². The van der Waals surface area contributed by atoms with Gasteiger partial charge in [-0.15, -0.1) is 0 Å². The Labute approximate surface area is 127 Å². The molecule has 1 aliphatic carbocycles. The lowest BCUT2D eigenvalue weighted by atomic mass is 9.93. The highest BCUT2D eigenvalue weighted by molar-refractivity contribution is 7.99. The van der Waals surface area contributed by atoms with Gasteiger partial charge in [-0.05, 0) is 19.3 Å². The topological polar surface area (TPSA) is 71.2 Å². The second-order valence-corrected chi connectivity index (χ2v) is 7.98. The lowest BCUT2D eigenvalue weighted by molar-refractivity contribution is 0.0769. The summed E-state index contributed by atoms with van der Waals surface area (Å²) in [5.74, 6) is 1.40. The van der Waals surface area contributed by atoms with Gasteiger partial charge in [0.05, 0.1) is 0 Å². The van der Waals surface area contributed by atoms with E-state index in [4.69, 9.17) is 5.73 Å². The van der Waals surface area contributed by atoms with Crippen molar-refractivity contribution in [1.29, 1.82) is 0 Å². The van der Waals surface area contributed by atoms with Crippen LogP contribution in [0.1, 0.15) is 35.9 Å². The van der Waals surface area contributed by atoms with Gasteiger partial charge in [0.25, 0.3) is 5.91 Å². The first-order chi connectivity index (χ1) is 9.63. The number of nitrogens with two attached hydrogens (primary N) is 1. The number of anilines is 2. The molecular formula is C13H20N4OS2. The largest absolute Gasteiger partial charge is 0.382 e. The molecule has 1 saturated heterocycles. The minimum Gasteiger partial charge on any atom is -0.382 e. The molecule has 2 aliphatic rings. The van der Waals surface area contributed by atoms with Crippen LogP contribution in [-0.4, -0.2) is 45.9 Å². The first-order valence-corrected chi connectivity index (χ1v) is 8.93. The number of rotatable bonds is 3. The van der Waals surface area contributed by atoms with Crippen LogP contribution in [0.25, 0.3) is 0 Å². The molecule has 0 bridgehead atoms. The summed E-state index contributed by atoms with van der Waals surface area (Å²) in [6.45, 7) is 3.76. The van der Waals surface area contributed by atoms with Crippen molar-refractivity contribution in [2.45, 2.75) is 37.5 Å². The molecule has 0 spiro atoms. The molecule has 0 radical (unpaired) electrons. The van der Waals surface area contributed by atoms with E-state index >= 15 is 0 Å². The highest BCUT2D eigenvalue weighted by atomic mass is 32.2. The van der Waals surface area contributed by atoms with E-state index < -0.39 is 0 Å². The summed E-state index contributed by atoms with van der Waals surface area (Å²) < 4.78 is 0. The summed E-state index contributed by atoms with van der Waals surface area (Å²) in [7, 11) is 0. The molecule has 110 valence electrons. The number of amides is 1. The zero-order chi connectivity index (χ0) is 14.1. The van der Waals surface area contributed by atoms with Crippen LogP contribution in [0.4, 0.5) is 10.9 Å². The number of carbonyl (C=O) groups excluding carboxylic acids is 1. The van der Waals surface area contributed by atoms with E-state index in [1.165, 1.54) is 30.6 Å². The van der Waals surface area contributed by atoms with E-state index in [-0.39, 0.29) is 5.91 Å². The fraction of sp³-hybridized carbons (Fsp3) is 0.692. The van der Waals surface area contributed by atoms with E-state index in [0.717, 1.165) is 24.0 Å². The number of aromatic nitrogens is 1. The first-order valence-electron chi connectivity index (χ1n) is 7.07. The van der Waals surface area contributed by atoms with Crippen molar-refractivity contribution in [3.8, 4) is 0 Å². The van der Waals surface area contributed by atoms with E-state index in [1.807, 2.05) is 16.7 Å². The van der Waals surface area contributed by atoms with Gasteiger partial charge in [-0.25, -0.2) is 4.98 Å². The normalized spacial score (nSPS) is 23.4. The second-order valence-electron chi connectivity index (χ2n) is 5.44. The van der Waals surface area contributed by atoms with Gasteiger partial charge in [0.15, 0.2) is 5.13 Å². The molecular weight excluding hydrogens is 292 g/mol. The number of hydrogen-bond donors (Lipinski definition) is 2. The predicted octanol–water partition coefficient (Wildman–Crippen LogP) is 2.27. The Kier molecular flexibility index (Phi) is 4.07. The van der Waals surface area contributed by atoms with Crippen LogP contribution >= 0.6 is 23.1 Å². The molecule has 7 heteroatoms. The molecule has 1 atom stereocenters. The van der Waals surface area contributed by atoms with E-state index in [2.05, 4.69) is 17.2 Å². The van der Waals surface area contributed by atoms with Gasteiger partial charge < -0.3 is 16.0 Å². The van der Waals surface area contributed by atoms with Crippen LogP contribution < -0.4 is 11.1 Å². The van der Waals surface area contributed by atoms with Crippen LogP contribution in [-0.2, 0) is 0 Å². The molecule has 1 saturated carbocycles. The molecule has 5 nitrogen and oxygen atoms in total. The quantitative estimate of drug-likeness (QED) is 0.896. The number of thiazole rings is 1. The number of nitrogen functional groups attached to an aromatic ring is 1. The Balaban J connectivity index is 1.70. The molecule has 1 aromatic rings. The number of carbonyl (C=O) groups is 1. The van der Waals surface area contributed by atoms with Crippen molar-refractivity contribution < 1.29 is 4.79 Å². The van der Waals surface area contributed by atoms with Crippen molar-refractivity contribution in [2.75, 3.05) is 29.9 Å². The summed E-state index contributed by atoms with van der Waals surface area (Å²) in [5, 5.41) is 4.64. The zero-order valence-corrected chi connectivity index (χ0v) is 13.2. The summed E-state index contributed by atoms with van der Waals surface area (Å²) >= 11 is 3.31. The standard InChI is InChI=1S/C13H20N4OS2/c1-8-7-17(5-6-19-8)12(18)10-11(14)16-13(20-10)15-9-3-2-4-9/h8-9H,2-7,14H2,1H3,(H,15,16). The highest BCUT2D eigenvalue weighted by Crippen LogP contribution is 2.31. The van der Waals surface area contributed by atoms with E-state index in [1.54, 1.807) is 0 Å². The molecule has 3 N–H and O–H groups in total. The van der Waals surface area contributed by atoms with Crippen LogP contribution in [0, 0.1) is 0 Å². The molecule has 0 aromatic carbocycles. The summed E-state index contributed by atoms with van der Waals surface area (Å²) in [5.41, 5.74) is 5.93. The molecule has 2 fully saturated rings. The molecule has 1 unspecified atom stereocenters. The molecule has 20 heavy (non-hydrogen) atoms. The van der Waals surface area contributed by atoms with Crippen LogP contribution in [0.5, 0.6) is 0 Å². The average Bonchev–Trinajstić information content (AvgIpc) is 2.74. The molecule has 3 rings (SSSR count). The van der Waals surface area contributed by atoms with Crippen molar-refractivity contribution in [2.24, 2.45) is 0 Å². The van der Waals surface area contributed by atoms with Crippen LogP contribution in [0.2, 0.25) is 0 Å². The van der Waals surface area contributed by atoms with E-state index in [0.29, 0.717) is 22.0 Å². The molecule has 1 amide bonds. The van der Waals surface area contributed by atoms with Crippen molar-refractivity contribution in [3.05, 3.63) is 4.88 Å². The number of thioether (sulfide) groups is 1. The maximum absolute atomic E-state index is 12.5. The minimum atomic E-state index is 0.0359. The Morgan fingerprint density at radius 2 is 2.30 bits per heavy atom. The van der Waals surface area contributed by atoms with Gasteiger partial charge in [0.1, 0.15) is 10.7 Å². The van der Waals surface area contributed by atoms with Gasteiger partial charge in [0, 0.05) is 30.1 Å². The molecule has 2 heterocycles. The molecule has 1 aromatic heterocycles. The third kappa shape index (κ3) is 2.88. The third-order valence-electron chi connectivity index (χ3n) is 3.81. The summed E-state index contributed by atoms with van der Waals surface area (Å²) in [4.78, 5) is 19.3. The lowest BCUT2D eigenvalue weighted by Gasteiger charge is -2.30. The Morgan fingerprint density at radius 1 is 1.50 bits per heavy atom. The maximum Gasteiger partial charge on any atom is 0.267 e. The highest BCUT2D eigenvalue weighted by Gasteiger charge is 2.27. The zero-order valence-electron chi connectivity index (χ0n) is 11.6. The van der Waals surface area contributed by atoms with Crippen molar-refractivity contribution >= 4 is 40.0 Å². The maximum atomic E-state index is 12.5. The first kappa shape index (κ1) is 14.0. The molecule has 1 aliphatic heterocycles. The van der Waals surface area contributed by atoms with Crippen molar-refractivity contribution in [1.82, 2.24) is 9.88 Å². The average molecular weight is 312 g/mol. The van der Waals surface area contributed by atoms with Crippen LogP contribution in [0.15, 0.2) is 0 Å². The predicted molar refractivity (Wildman–Crippen MR) is 85.6 cm³/mol. The van der Waals surface area contributed by atoms with Crippen LogP contribution in [0.3, 0.4) is 0 Å². The van der Waals surface area contributed by atoms with Gasteiger partial charge in [0.2, 0.25) is 0 Å². The second kappa shape index (κ2) is 5.81.